The molecule has 2 fully saturated rings. The van der Waals surface area contributed by atoms with Crippen LogP contribution in [0.15, 0.2) is 0 Å². The number of hydrogen-bond acceptors (Lipinski definition) is 0. The zero-order chi connectivity index (χ0) is 15.0. The van der Waals surface area contributed by atoms with Crippen molar-refractivity contribution in [1.29, 1.82) is 0 Å². The first-order chi connectivity index (χ1) is 9.21. The van der Waals surface area contributed by atoms with Crippen molar-refractivity contribution in [3.05, 3.63) is 0 Å². The highest BCUT2D eigenvalue weighted by Gasteiger charge is 2.54. The fourth-order valence-electron chi connectivity index (χ4n) is 4.16. The Kier molecular flexibility index (Phi) is 4.59. The first-order valence-electron chi connectivity index (χ1n) is 7.34. The molecule has 0 radical (unpaired) electrons. The molecule has 2 aliphatic rings. The molecule has 4 atom stereocenters. The highest BCUT2D eigenvalue weighted by atomic mass is 19.4. The quantitative estimate of drug-likeness (QED) is 0.543. The Labute approximate surface area is 114 Å². The highest BCUT2D eigenvalue weighted by molar-refractivity contribution is 4.91. The summed E-state index contributed by atoms with van der Waals surface area (Å²) in [7, 11) is 0. The van der Waals surface area contributed by atoms with Gasteiger partial charge in [0.2, 0.25) is 0 Å². The summed E-state index contributed by atoms with van der Waals surface area (Å²) in [5.41, 5.74) is 0. The smallest absolute Gasteiger partial charge is 0.171 e. The molecule has 0 aromatic carbocycles. The number of rotatable bonds is 1. The van der Waals surface area contributed by atoms with Crippen molar-refractivity contribution >= 4 is 0 Å². The Morgan fingerprint density at radius 2 is 0.800 bits per heavy atom. The molecule has 118 valence electrons. The van der Waals surface area contributed by atoms with Crippen molar-refractivity contribution in [2.24, 2.45) is 23.7 Å². The van der Waals surface area contributed by atoms with E-state index in [1.165, 1.54) is 0 Å². The highest BCUT2D eigenvalue weighted by Crippen LogP contribution is 2.52. The minimum Gasteiger partial charge on any atom is -0.171 e. The standard InChI is InChI=1S/C14H20F6/c15-13(16,17)11-7-3-1-5-9(11)10-6-2-4-8-12(10)14(18,19)20/h9-12H,1-8H2/t9-,10?,11?,12+/m0/s1. The van der Waals surface area contributed by atoms with Gasteiger partial charge < -0.3 is 0 Å². The van der Waals surface area contributed by atoms with Crippen molar-refractivity contribution in [2.75, 3.05) is 0 Å². The molecule has 0 saturated heterocycles. The van der Waals surface area contributed by atoms with Gasteiger partial charge in [-0.15, -0.1) is 0 Å². The lowest BCUT2D eigenvalue weighted by Gasteiger charge is -2.44. The van der Waals surface area contributed by atoms with Crippen LogP contribution in [0.25, 0.3) is 0 Å². The lowest BCUT2D eigenvalue weighted by molar-refractivity contribution is -0.232. The van der Waals surface area contributed by atoms with Crippen LogP contribution in [0.5, 0.6) is 0 Å². The van der Waals surface area contributed by atoms with E-state index in [0.29, 0.717) is 38.5 Å². The van der Waals surface area contributed by atoms with E-state index in [9.17, 15) is 26.3 Å². The molecule has 0 aromatic rings. The SMILES string of the molecule is FC(F)(F)C1CCCC[C@H]1C1CCCC[C@H]1C(F)(F)F. The van der Waals surface area contributed by atoms with Gasteiger partial charge in [-0.2, -0.15) is 26.3 Å². The molecule has 2 unspecified atom stereocenters. The molecule has 0 amide bonds. The first-order valence-corrected chi connectivity index (χ1v) is 7.34. The van der Waals surface area contributed by atoms with E-state index >= 15 is 0 Å². The zero-order valence-electron chi connectivity index (χ0n) is 11.2. The lowest BCUT2D eigenvalue weighted by atomic mass is 9.63. The second-order valence-corrected chi connectivity index (χ2v) is 6.19. The first kappa shape index (κ1) is 16.0. The van der Waals surface area contributed by atoms with Crippen LogP contribution in [-0.2, 0) is 0 Å². The van der Waals surface area contributed by atoms with Crippen molar-refractivity contribution in [1.82, 2.24) is 0 Å². The summed E-state index contributed by atoms with van der Waals surface area (Å²) in [5, 5.41) is 0. The molecule has 0 N–H and O–H groups in total. The van der Waals surface area contributed by atoms with E-state index in [-0.39, 0.29) is 12.8 Å². The van der Waals surface area contributed by atoms with E-state index in [1.807, 2.05) is 0 Å². The Bertz CT molecular complexity index is 287. The molecule has 0 aromatic heterocycles. The average Bonchev–Trinajstić information content (AvgIpc) is 2.37. The minimum absolute atomic E-state index is 0.00472. The van der Waals surface area contributed by atoms with Gasteiger partial charge in [0.25, 0.3) is 0 Å². The maximum absolute atomic E-state index is 13.1. The summed E-state index contributed by atoms with van der Waals surface area (Å²) in [6.07, 6.45) is -5.95. The zero-order valence-corrected chi connectivity index (χ0v) is 11.2. The third kappa shape index (κ3) is 3.42. The number of hydrogen-bond donors (Lipinski definition) is 0. The van der Waals surface area contributed by atoms with Gasteiger partial charge in [-0.3, -0.25) is 0 Å². The third-order valence-electron chi connectivity index (χ3n) is 5.03. The Morgan fingerprint density at radius 3 is 1.10 bits per heavy atom. The van der Waals surface area contributed by atoms with Gasteiger partial charge in [0, 0.05) is 0 Å². The molecule has 0 spiro atoms. The molecule has 6 heteroatoms. The van der Waals surface area contributed by atoms with Gasteiger partial charge in [-0.05, 0) is 37.5 Å². The summed E-state index contributed by atoms with van der Waals surface area (Å²) in [6.45, 7) is 0. The molecule has 0 bridgehead atoms. The molecular formula is C14H20F6. The summed E-state index contributed by atoms with van der Waals surface area (Å²) in [5.74, 6) is -4.75. The van der Waals surface area contributed by atoms with Gasteiger partial charge in [0.05, 0.1) is 11.8 Å². The predicted molar refractivity (Wildman–Crippen MR) is 63.0 cm³/mol. The van der Waals surface area contributed by atoms with Crippen molar-refractivity contribution < 1.29 is 26.3 Å². The Morgan fingerprint density at radius 1 is 0.500 bits per heavy atom. The predicted octanol–water partition coefficient (Wildman–Crippen LogP) is 5.72. The van der Waals surface area contributed by atoms with Crippen LogP contribution in [0, 0.1) is 23.7 Å². The van der Waals surface area contributed by atoms with Gasteiger partial charge in [-0.1, -0.05) is 25.7 Å². The minimum atomic E-state index is -4.36. The van der Waals surface area contributed by atoms with Crippen molar-refractivity contribution in [3.63, 3.8) is 0 Å². The fourth-order valence-corrected chi connectivity index (χ4v) is 4.16. The topological polar surface area (TPSA) is 0 Å². The average molecular weight is 302 g/mol. The third-order valence-corrected chi connectivity index (χ3v) is 5.03. The molecule has 2 aliphatic carbocycles. The van der Waals surface area contributed by atoms with Crippen LogP contribution in [0.3, 0.4) is 0 Å². The second kappa shape index (κ2) is 5.76. The fraction of sp³-hybridized carbons (Fsp3) is 1.00. The largest absolute Gasteiger partial charge is 0.392 e. The lowest BCUT2D eigenvalue weighted by Crippen LogP contribution is -2.44. The van der Waals surface area contributed by atoms with E-state index in [4.69, 9.17) is 0 Å². The van der Waals surface area contributed by atoms with Crippen molar-refractivity contribution in [2.45, 2.75) is 63.7 Å². The summed E-state index contributed by atoms with van der Waals surface area (Å²) < 4.78 is 78.5. The van der Waals surface area contributed by atoms with Crippen LogP contribution in [-0.4, -0.2) is 12.4 Å². The monoisotopic (exact) mass is 302 g/mol. The summed E-state index contributed by atoms with van der Waals surface area (Å²) >= 11 is 0. The van der Waals surface area contributed by atoms with Crippen LogP contribution < -0.4 is 0 Å². The summed E-state index contributed by atoms with van der Waals surface area (Å²) in [6, 6.07) is 0. The van der Waals surface area contributed by atoms with Gasteiger partial charge >= 0.3 is 12.4 Å². The maximum Gasteiger partial charge on any atom is 0.392 e. The van der Waals surface area contributed by atoms with Crippen LogP contribution in [0.4, 0.5) is 26.3 Å². The molecular weight excluding hydrogens is 282 g/mol. The van der Waals surface area contributed by atoms with Crippen LogP contribution in [0.2, 0.25) is 0 Å². The van der Waals surface area contributed by atoms with Crippen molar-refractivity contribution in [3.8, 4) is 0 Å². The van der Waals surface area contributed by atoms with E-state index in [2.05, 4.69) is 0 Å². The van der Waals surface area contributed by atoms with Gasteiger partial charge in [0.15, 0.2) is 0 Å². The van der Waals surface area contributed by atoms with Gasteiger partial charge in [-0.25, -0.2) is 0 Å². The Balaban J connectivity index is 2.21. The van der Waals surface area contributed by atoms with Gasteiger partial charge in [0.1, 0.15) is 0 Å². The molecule has 0 nitrogen and oxygen atoms in total. The second-order valence-electron chi connectivity index (χ2n) is 6.19. The molecule has 2 saturated carbocycles. The number of halogens is 6. The Hall–Kier alpha value is -0.420. The molecule has 0 aliphatic heterocycles. The molecule has 0 heterocycles. The summed E-state index contributed by atoms with van der Waals surface area (Å²) in [4.78, 5) is 0. The van der Waals surface area contributed by atoms with Crippen LogP contribution >= 0.6 is 0 Å². The van der Waals surface area contributed by atoms with E-state index < -0.39 is 36.0 Å². The maximum atomic E-state index is 13.1. The van der Waals surface area contributed by atoms with Crippen LogP contribution in [0.1, 0.15) is 51.4 Å². The van der Waals surface area contributed by atoms with E-state index in [1.54, 1.807) is 0 Å². The molecule has 2 rings (SSSR count). The number of alkyl halides is 6. The molecule has 20 heavy (non-hydrogen) atoms. The van der Waals surface area contributed by atoms with E-state index in [0.717, 1.165) is 0 Å². The normalized spacial score (nSPS) is 36.9.